The van der Waals surface area contributed by atoms with Crippen molar-refractivity contribution >= 4 is 11.9 Å². The molecule has 10 heteroatoms. The van der Waals surface area contributed by atoms with E-state index in [4.69, 9.17) is 12.2 Å². The highest BCUT2D eigenvalue weighted by molar-refractivity contribution is 5.87. The van der Waals surface area contributed by atoms with E-state index in [2.05, 4.69) is 21.9 Å². The van der Waals surface area contributed by atoms with Crippen LogP contribution in [0.3, 0.4) is 0 Å². The van der Waals surface area contributed by atoms with Crippen molar-refractivity contribution in [2.24, 2.45) is 0 Å². The van der Waals surface area contributed by atoms with Gasteiger partial charge in [-0.1, -0.05) is 18.7 Å². The zero-order valence-electron chi connectivity index (χ0n) is 18.0. The van der Waals surface area contributed by atoms with E-state index in [0.717, 1.165) is 30.3 Å². The summed E-state index contributed by atoms with van der Waals surface area (Å²) >= 11 is 0. The Balaban J connectivity index is 1.79. The lowest BCUT2D eigenvalue weighted by Gasteiger charge is -2.20. The van der Waals surface area contributed by atoms with Crippen LogP contribution in [-0.2, 0) is 22.3 Å². The largest absolute Gasteiger partial charge is 0.494 e. The van der Waals surface area contributed by atoms with Crippen LogP contribution >= 0.6 is 0 Å². The second-order valence-electron chi connectivity index (χ2n) is 6.48. The van der Waals surface area contributed by atoms with Gasteiger partial charge in [0, 0.05) is 13.1 Å². The molecule has 0 saturated carbocycles. The van der Waals surface area contributed by atoms with Gasteiger partial charge in [-0.2, -0.15) is 13.2 Å². The van der Waals surface area contributed by atoms with Crippen LogP contribution in [0.15, 0.2) is 49.3 Å². The van der Waals surface area contributed by atoms with Gasteiger partial charge in [-0.15, -0.1) is 0 Å². The number of carbonyl (C=O) groups excluding carboxylic acids is 1. The topological polar surface area (TPSA) is 76.6 Å². The number of halogens is 3. The van der Waals surface area contributed by atoms with Crippen LogP contribution in [0, 0.1) is 0 Å². The minimum Gasteiger partial charge on any atom is -0.494 e. The fourth-order valence-corrected chi connectivity index (χ4v) is 2.87. The molecule has 0 bridgehead atoms. The first kappa shape index (κ1) is 18.9. The van der Waals surface area contributed by atoms with Crippen LogP contribution in [0.5, 0.6) is 5.75 Å². The number of ether oxygens (including phenoxy) is 2. The normalized spacial score (nSPS) is 20.3. The molecule has 2 aromatic rings. The predicted molar refractivity (Wildman–Crippen MR) is 103 cm³/mol. The van der Waals surface area contributed by atoms with Gasteiger partial charge < -0.3 is 19.7 Å². The first-order valence-electron chi connectivity index (χ1n) is 9.93. The van der Waals surface area contributed by atoms with Crippen LogP contribution in [0.25, 0.3) is 0 Å². The Morgan fingerprint density at radius 1 is 1.33 bits per heavy atom. The van der Waals surface area contributed by atoms with E-state index in [-0.39, 0.29) is 30.5 Å². The summed E-state index contributed by atoms with van der Waals surface area (Å²) in [5.41, 5.74) is -0.977. The second-order valence-corrected chi connectivity index (χ2v) is 6.48. The van der Waals surface area contributed by atoms with Crippen LogP contribution in [0.4, 0.5) is 19.1 Å². The summed E-state index contributed by atoms with van der Waals surface area (Å²) in [7, 11) is 1.47. The van der Waals surface area contributed by atoms with Crippen molar-refractivity contribution in [1.29, 1.82) is 0 Å². The molecule has 1 aliphatic heterocycles. The number of aromatic nitrogens is 2. The molecule has 1 aliphatic rings. The minimum atomic E-state index is -4.53. The smallest absolute Gasteiger partial charge is 0.416 e. The molecule has 1 aromatic carbocycles. The molecule has 1 amide bonds. The Morgan fingerprint density at radius 2 is 2.00 bits per heavy atom. The van der Waals surface area contributed by atoms with Gasteiger partial charge in [0.25, 0.3) is 0 Å². The minimum absolute atomic E-state index is 0.0405. The van der Waals surface area contributed by atoms with Crippen LogP contribution in [0.2, 0.25) is 0 Å². The number of hydrogen-bond donors (Lipinski definition) is 1. The van der Waals surface area contributed by atoms with Crippen LogP contribution < -0.4 is 10.1 Å². The molecule has 30 heavy (non-hydrogen) atoms. The zero-order chi connectivity index (χ0) is 23.5. The molecule has 2 atom stereocenters. The fourth-order valence-electron chi connectivity index (χ4n) is 2.87. The number of alkyl halides is 3. The molecule has 1 saturated heterocycles. The van der Waals surface area contributed by atoms with Gasteiger partial charge in [0.2, 0.25) is 11.9 Å². The first-order chi connectivity index (χ1) is 15.0. The van der Waals surface area contributed by atoms with Gasteiger partial charge in [0.15, 0.2) is 5.75 Å². The zero-order valence-corrected chi connectivity index (χ0v) is 16.0. The fraction of sp³-hybridized carbons (Fsp3) is 0.350. The van der Waals surface area contributed by atoms with Crippen molar-refractivity contribution in [2.75, 3.05) is 25.5 Å². The lowest BCUT2D eigenvalue weighted by molar-refractivity contribution is -0.137. The Labute approximate surface area is 174 Å². The highest BCUT2D eigenvalue weighted by Crippen LogP contribution is 2.29. The summed E-state index contributed by atoms with van der Waals surface area (Å²) in [6.45, 7) is 1.24. The number of rotatable bonds is 7. The maximum atomic E-state index is 12.8. The molecule has 1 N–H and O–H groups in total. The number of likely N-dealkylation sites (tertiary alicyclic amines) is 1. The summed E-state index contributed by atoms with van der Waals surface area (Å²) in [5.74, 6) is 0.290. The lowest BCUT2D eigenvalue weighted by Crippen LogP contribution is -2.35. The Bertz CT molecular complexity index is 956. The van der Waals surface area contributed by atoms with Gasteiger partial charge in [-0.3, -0.25) is 4.79 Å². The summed E-state index contributed by atoms with van der Waals surface area (Å²) in [6.07, 6.45) is -1.37. The highest BCUT2D eigenvalue weighted by Gasteiger charge is 2.36. The molecule has 1 aromatic heterocycles. The van der Waals surface area contributed by atoms with Crippen molar-refractivity contribution in [3.8, 4) is 5.75 Å². The maximum Gasteiger partial charge on any atom is 0.416 e. The average Bonchev–Trinajstić information content (AvgIpc) is 3.14. The molecule has 1 fully saturated rings. The quantitative estimate of drug-likeness (QED) is 0.689. The molecule has 0 aliphatic carbocycles. The molecule has 160 valence electrons. The van der Waals surface area contributed by atoms with Gasteiger partial charge >= 0.3 is 6.18 Å². The highest BCUT2D eigenvalue weighted by atomic mass is 19.4. The molecule has 3 rings (SSSR count). The van der Waals surface area contributed by atoms with Crippen molar-refractivity contribution in [3.63, 3.8) is 0 Å². The van der Waals surface area contributed by atoms with Gasteiger partial charge in [0.1, 0.15) is 0 Å². The van der Waals surface area contributed by atoms with Crippen molar-refractivity contribution in [3.05, 3.63) is 60.4 Å². The molecule has 7 nitrogen and oxygen atoms in total. The van der Waals surface area contributed by atoms with Crippen molar-refractivity contribution in [2.45, 2.75) is 24.9 Å². The number of nitrogens with zero attached hydrogens (tertiary/aromatic N) is 3. The third-order valence-electron chi connectivity index (χ3n) is 4.47. The monoisotopic (exact) mass is 424 g/mol. The van der Waals surface area contributed by atoms with E-state index >= 15 is 0 Å². The second kappa shape index (κ2) is 9.12. The maximum absolute atomic E-state index is 12.8. The summed E-state index contributed by atoms with van der Waals surface area (Å²) in [6, 6.07) is 3.05. The molecular formula is C20H21F3N4O3. The SMILES string of the molecule is [2H]C([2H])(O[C@@H]1CN(C(=O)C=C)C[C@H]1Nc1ncc(OC)cn1)c1ccc(C(F)(F)F)cc1. The number of methoxy groups -OCH3 is 1. The summed E-state index contributed by atoms with van der Waals surface area (Å²) < 4.78 is 65.6. The number of anilines is 1. The Morgan fingerprint density at radius 3 is 2.57 bits per heavy atom. The number of hydrogen-bond acceptors (Lipinski definition) is 6. The summed E-state index contributed by atoms with van der Waals surface area (Å²) in [4.78, 5) is 21.7. The first-order valence-corrected chi connectivity index (χ1v) is 8.93. The van der Waals surface area contributed by atoms with E-state index in [1.807, 2.05) is 0 Å². The molecule has 0 unspecified atom stereocenters. The predicted octanol–water partition coefficient (Wildman–Crippen LogP) is 2.90. The van der Waals surface area contributed by atoms with Crippen molar-refractivity contribution in [1.82, 2.24) is 14.9 Å². The van der Waals surface area contributed by atoms with Gasteiger partial charge in [-0.25, -0.2) is 9.97 Å². The Kier molecular flexibility index (Phi) is 5.73. The van der Waals surface area contributed by atoms with E-state index in [1.165, 1.54) is 24.4 Å². The van der Waals surface area contributed by atoms with E-state index in [1.54, 1.807) is 0 Å². The van der Waals surface area contributed by atoms with E-state index in [0.29, 0.717) is 5.75 Å². The molecular weight excluding hydrogens is 401 g/mol. The van der Waals surface area contributed by atoms with Gasteiger partial charge in [0.05, 0.1) is 46.5 Å². The third kappa shape index (κ3) is 5.26. The van der Waals surface area contributed by atoms with Crippen LogP contribution in [-0.4, -0.2) is 53.1 Å². The standard InChI is InChI=1S/C20H21F3N4O3/c1-3-18(28)27-10-16(26-19-24-8-15(29-2)9-25-19)17(11-27)30-12-13-4-6-14(7-5-13)20(21,22)23/h3-9,16-17H,1,10-12H2,2H3,(H,24,25,26)/t16-,17-/m1/s1/i12D2. The number of nitrogens with one attached hydrogen (secondary N) is 1. The Hall–Kier alpha value is -3.14. The number of amides is 1. The molecule has 0 radical (unpaired) electrons. The molecule has 0 spiro atoms. The number of carbonyl (C=O) groups is 1. The third-order valence-corrected chi connectivity index (χ3v) is 4.47. The van der Waals surface area contributed by atoms with E-state index in [9.17, 15) is 18.0 Å². The molecule has 2 heterocycles. The van der Waals surface area contributed by atoms with Crippen LogP contribution in [0.1, 0.15) is 13.9 Å². The van der Waals surface area contributed by atoms with E-state index < -0.39 is 30.4 Å². The van der Waals surface area contributed by atoms with Crippen molar-refractivity contribution < 1.29 is 30.2 Å². The number of benzene rings is 1. The lowest BCUT2D eigenvalue weighted by atomic mass is 10.1. The average molecular weight is 424 g/mol. The summed E-state index contributed by atoms with van der Waals surface area (Å²) in [5, 5.41) is 3.01. The van der Waals surface area contributed by atoms with Gasteiger partial charge in [-0.05, 0) is 23.8 Å².